The molecule has 2 heteroatoms. The van der Waals surface area contributed by atoms with Gasteiger partial charge in [-0.2, -0.15) is 0 Å². The molecule has 3 unspecified atom stereocenters. The minimum Gasteiger partial charge on any atom is -0.462 e. The Hall–Kier alpha value is -0.790. The molecule has 0 spiro atoms. The zero-order chi connectivity index (χ0) is 9.42. The van der Waals surface area contributed by atoms with Crippen molar-refractivity contribution in [1.82, 2.24) is 0 Å². The summed E-state index contributed by atoms with van der Waals surface area (Å²) in [6.07, 6.45) is 5.93. The standard InChI is InChI=1S/C11H16O2/c1-3-9-4-8-5-10(9)11(6-8)13-7(2)12/h3,8,10-11H,4-6H2,1-2H3/b9-3+. The lowest BCUT2D eigenvalue weighted by atomic mass is 9.92. The van der Waals surface area contributed by atoms with Gasteiger partial charge in [0.05, 0.1) is 0 Å². The Bertz CT molecular complexity index is 255. The average molecular weight is 180 g/mol. The summed E-state index contributed by atoms with van der Waals surface area (Å²) in [4.78, 5) is 10.8. The monoisotopic (exact) mass is 180 g/mol. The van der Waals surface area contributed by atoms with E-state index in [2.05, 4.69) is 13.0 Å². The molecule has 2 bridgehead atoms. The Morgan fingerprint density at radius 1 is 1.54 bits per heavy atom. The van der Waals surface area contributed by atoms with Crippen molar-refractivity contribution in [1.29, 1.82) is 0 Å². The second-order valence-electron chi connectivity index (χ2n) is 4.16. The molecule has 13 heavy (non-hydrogen) atoms. The van der Waals surface area contributed by atoms with Crippen LogP contribution < -0.4 is 0 Å². The number of fused-ring (bicyclic) bond motifs is 2. The number of hydrogen-bond donors (Lipinski definition) is 0. The number of rotatable bonds is 1. The van der Waals surface area contributed by atoms with Gasteiger partial charge >= 0.3 is 5.97 Å². The molecule has 0 amide bonds. The van der Waals surface area contributed by atoms with E-state index < -0.39 is 0 Å². The molecule has 3 atom stereocenters. The highest BCUT2D eigenvalue weighted by molar-refractivity contribution is 5.66. The van der Waals surface area contributed by atoms with Gasteiger partial charge in [0.25, 0.3) is 0 Å². The third-order valence-corrected chi connectivity index (χ3v) is 3.29. The zero-order valence-electron chi connectivity index (χ0n) is 8.25. The van der Waals surface area contributed by atoms with Gasteiger partial charge in [-0.1, -0.05) is 11.6 Å². The number of esters is 1. The molecule has 2 fully saturated rings. The third kappa shape index (κ3) is 1.50. The summed E-state index contributed by atoms with van der Waals surface area (Å²) < 4.78 is 5.30. The van der Waals surface area contributed by atoms with Gasteiger partial charge in [-0.3, -0.25) is 4.79 Å². The molecule has 0 aromatic rings. The van der Waals surface area contributed by atoms with Gasteiger partial charge < -0.3 is 4.74 Å². The molecule has 2 rings (SSSR count). The fourth-order valence-corrected chi connectivity index (χ4v) is 2.82. The molecule has 0 saturated heterocycles. The maximum absolute atomic E-state index is 10.8. The maximum Gasteiger partial charge on any atom is 0.302 e. The normalized spacial score (nSPS) is 39.8. The highest BCUT2D eigenvalue weighted by Crippen LogP contribution is 2.49. The summed E-state index contributed by atoms with van der Waals surface area (Å²) in [6, 6.07) is 0. The highest BCUT2D eigenvalue weighted by atomic mass is 16.5. The van der Waals surface area contributed by atoms with Crippen LogP contribution in [0, 0.1) is 11.8 Å². The molecule has 0 heterocycles. The predicted octanol–water partition coefficient (Wildman–Crippen LogP) is 2.29. The quantitative estimate of drug-likeness (QED) is 0.457. The van der Waals surface area contributed by atoms with Crippen LogP contribution in [0.2, 0.25) is 0 Å². The number of carbonyl (C=O) groups is 1. The van der Waals surface area contributed by atoms with Crippen molar-refractivity contribution in [3.05, 3.63) is 11.6 Å². The molecule has 0 aliphatic heterocycles. The van der Waals surface area contributed by atoms with E-state index >= 15 is 0 Å². The van der Waals surface area contributed by atoms with Crippen molar-refractivity contribution >= 4 is 5.97 Å². The van der Waals surface area contributed by atoms with Crippen LogP contribution in [-0.2, 0) is 9.53 Å². The predicted molar refractivity (Wildman–Crippen MR) is 50.1 cm³/mol. The number of hydrogen-bond acceptors (Lipinski definition) is 2. The second kappa shape index (κ2) is 3.17. The van der Waals surface area contributed by atoms with Gasteiger partial charge in [0.2, 0.25) is 0 Å². The van der Waals surface area contributed by atoms with Gasteiger partial charge in [0, 0.05) is 12.8 Å². The van der Waals surface area contributed by atoms with Crippen LogP contribution in [0.5, 0.6) is 0 Å². The Labute approximate surface area is 79.0 Å². The van der Waals surface area contributed by atoms with Gasteiger partial charge in [0.15, 0.2) is 0 Å². The summed E-state index contributed by atoms with van der Waals surface area (Å²) in [5, 5.41) is 0. The topological polar surface area (TPSA) is 26.3 Å². The van der Waals surface area contributed by atoms with Crippen LogP contribution >= 0.6 is 0 Å². The first-order chi connectivity index (χ1) is 6.20. The van der Waals surface area contributed by atoms with Gasteiger partial charge in [-0.15, -0.1) is 0 Å². The molecule has 0 aromatic carbocycles. The van der Waals surface area contributed by atoms with Crippen molar-refractivity contribution < 1.29 is 9.53 Å². The summed E-state index contributed by atoms with van der Waals surface area (Å²) in [7, 11) is 0. The van der Waals surface area contributed by atoms with E-state index in [1.165, 1.54) is 25.3 Å². The van der Waals surface area contributed by atoms with Crippen molar-refractivity contribution in [2.75, 3.05) is 0 Å². The number of allylic oxidation sites excluding steroid dienone is 1. The van der Waals surface area contributed by atoms with E-state index in [1.54, 1.807) is 0 Å². The first kappa shape index (κ1) is 8.79. The van der Waals surface area contributed by atoms with E-state index in [9.17, 15) is 4.79 Å². The minimum absolute atomic E-state index is 0.131. The summed E-state index contributed by atoms with van der Waals surface area (Å²) >= 11 is 0. The first-order valence-electron chi connectivity index (χ1n) is 5.03. The number of carbonyl (C=O) groups excluding carboxylic acids is 1. The Kier molecular flexibility index (Phi) is 2.14. The Morgan fingerprint density at radius 3 is 2.85 bits per heavy atom. The molecule has 0 radical (unpaired) electrons. The fourth-order valence-electron chi connectivity index (χ4n) is 2.82. The molecular weight excluding hydrogens is 164 g/mol. The van der Waals surface area contributed by atoms with Gasteiger partial charge in [0.1, 0.15) is 6.10 Å². The molecule has 0 aromatic heterocycles. The lowest BCUT2D eigenvalue weighted by molar-refractivity contribution is -0.147. The van der Waals surface area contributed by atoms with Crippen LogP contribution in [0.25, 0.3) is 0 Å². The maximum atomic E-state index is 10.8. The van der Waals surface area contributed by atoms with Crippen LogP contribution in [0.4, 0.5) is 0 Å². The largest absolute Gasteiger partial charge is 0.462 e. The highest BCUT2D eigenvalue weighted by Gasteiger charge is 2.44. The average Bonchev–Trinajstić information content (AvgIpc) is 2.60. The molecule has 72 valence electrons. The second-order valence-corrected chi connectivity index (χ2v) is 4.16. The van der Waals surface area contributed by atoms with E-state index in [0.717, 1.165) is 12.3 Å². The molecule has 2 saturated carbocycles. The molecular formula is C11H16O2. The fraction of sp³-hybridized carbons (Fsp3) is 0.727. The van der Waals surface area contributed by atoms with E-state index in [1.807, 2.05) is 0 Å². The van der Waals surface area contributed by atoms with Crippen molar-refractivity contribution in [2.45, 2.75) is 39.2 Å². The molecule has 2 nitrogen and oxygen atoms in total. The summed E-state index contributed by atoms with van der Waals surface area (Å²) in [6.45, 7) is 3.59. The number of ether oxygens (including phenoxy) is 1. The molecule has 2 aliphatic rings. The SMILES string of the molecule is C/C=C1\CC2CC(OC(C)=O)C1C2. The van der Waals surface area contributed by atoms with Gasteiger partial charge in [-0.25, -0.2) is 0 Å². The summed E-state index contributed by atoms with van der Waals surface area (Å²) in [5.41, 5.74) is 1.50. The van der Waals surface area contributed by atoms with Gasteiger partial charge in [-0.05, 0) is 32.1 Å². The molecule has 0 N–H and O–H groups in total. The van der Waals surface area contributed by atoms with E-state index in [-0.39, 0.29) is 12.1 Å². The van der Waals surface area contributed by atoms with Crippen molar-refractivity contribution in [2.24, 2.45) is 11.8 Å². The summed E-state index contributed by atoms with van der Waals surface area (Å²) in [5.74, 6) is 1.19. The minimum atomic E-state index is -0.131. The van der Waals surface area contributed by atoms with E-state index in [4.69, 9.17) is 4.74 Å². The smallest absolute Gasteiger partial charge is 0.302 e. The third-order valence-electron chi connectivity index (χ3n) is 3.29. The Balaban J connectivity index is 2.06. The van der Waals surface area contributed by atoms with Crippen LogP contribution in [0.15, 0.2) is 11.6 Å². The molecule has 2 aliphatic carbocycles. The van der Waals surface area contributed by atoms with Crippen molar-refractivity contribution in [3.8, 4) is 0 Å². The zero-order valence-corrected chi connectivity index (χ0v) is 8.25. The van der Waals surface area contributed by atoms with E-state index in [0.29, 0.717) is 5.92 Å². The first-order valence-corrected chi connectivity index (χ1v) is 5.03. The van der Waals surface area contributed by atoms with Crippen LogP contribution in [-0.4, -0.2) is 12.1 Å². The van der Waals surface area contributed by atoms with Crippen LogP contribution in [0.3, 0.4) is 0 Å². The lowest BCUT2D eigenvalue weighted by Crippen LogP contribution is -2.24. The Morgan fingerprint density at radius 2 is 2.31 bits per heavy atom. The van der Waals surface area contributed by atoms with Crippen molar-refractivity contribution in [3.63, 3.8) is 0 Å². The lowest BCUT2D eigenvalue weighted by Gasteiger charge is -2.23. The van der Waals surface area contributed by atoms with Crippen LogP contribution in [0.1, 0.15) is 33.1 Å².